The average molecular weight is 297 g/mol. The van der Waals surface area contributed by atoms with Gasteiger partial charge in [0.15, 0.2) is 0 Å². The molecule has 1 saturated heterocycles. The molecule has 0 bridgehead atoms. The Morgan fingerprint density at radius 2 is 2.40 bits per heavy atom. The van der Waals surface area contributed by atoms with Crippen LogP contribution in [0, 0.1) is 0 Å². The summed E-state index contributed by atoms with van der Waals surface area (Å²) in [6, 6.07) is 1.26. The molecule has 1 unspecified atom stereocenters. The van der Waals surface area contributed by atoms with E-state index in [2.05, 4.69) is 10.6 Å². The van der Waals surface area contributed by atoms with Crippen LogP contribution in [0.1, 0.15) is 16.6 Å². The maximum absolute atomic E-state index is 12.5. The molecular weight excluding hydrogens is 278 g/mol. The number of hydrogen-bond acceptors (Lipinski definition) is 5. The second kappa shape index (κ2) is 6.71. The van der Waals surface area contributed by atoms with E-state index in [4.69, 9.17) is 4.74 Å². The molecule has 0 saturated carbocycles. The monoisotopic (exact) mass is 297 g/mol. The van der Waals surface area contributed by atoms with Crippen LogP contribution in [-0.4, -0.2) is 56.0 Å². The molecule has 0 aliphatic carbocycles. The molecule has 2 amide bonds. The zero-order chi connectivity index (χ0) is 14.5. The smallest absolute Gasteiger partial charge is 0.264 e. The SMILES string of the molecule is CCNC(=O)C1CNCCN1C(=O)c1cc(OC)cs1. The van der Waals surface area contributed by atoms with Crippen LogP contribution in [-0.2, 0) is 4.79 Å². The molecule has 2 heterocycles. The average Bonchev–Trinajstić information content (AvgIpc) is 2.95. The third-order valence-electron chi connectivity index (χ3n) is 3.18. The minimum absolute atomic E-state index is 0.114. The number of piperazine rings is 1. The third-order valence-corrected chi connectivity index (χ3v) is 4.08. The summed E-state index contributed by atoms with van der Waals surface area (Å²) in [5.74, 6) is 0.440. The van der Waals surface area contributed by atoms with Crippen LogP contribution in [0.5, 0.6) is 5.75 Å². The first-order valence-electron chi connectivity index (χ1n) is 6.59. The summed E-state index contributed by atoms with van der Waals surface area (Å²) >= 11 is 1.33. The molecule has 110 valence electrons. The maximum atomic E-state index is 12.5. The van der Waals surface area contributed by atoms with Crippen molar-refractivity contribution < 1.29 is 14.3 Å². The van der Waals surface area contributed by atoms with Crippen molar-refractivity contribution in [2.75, 3.05) is 33.3 Å². The molecule has 1 aliphatic rings. The van der Waals surface area contributed by atoms with E-state index in [1.54, 1.807) is 23.5 Å². The van der Waals surface area contributed by atoms with E-state index in [9.17, 15) is 9.59 Å². The number of hydrogen-bond donors (Lipinski definition) is 2. The second-order valence-electron chi connectivity index (χ2n) is 4.46. The van der Waals surface area contributed by atoms with Crippen LogP contribution < -0.4 is 15.4 Å². The first-order chi connectivity index (χ1) is 9.67. The molecule has 0 radical (unpaired) electrons. The van der Waals surface area contributed by atoms with Crippen LogP contribution in [0.4, 0.5) is 0 Å². The highest BCUT2D eigenvalue weighted by Crippen LogP contribution is 2.23. The molecule has 2 rings (SSSR count). The van der Waals surface area contributed by atoms with E-state index >= 15 is 0 Å². The Labute approximate surface area is 122 Å². The lowest BCUT2D eigenvalue weighted by Crippen LogP contribution is -2.59. The molecule has 1 aliphatic heterocycles. The van der Waals surface area contributed by atoms with Gasteiger partial charge in [-0.2, -0.15) is 0 Å². The van der Waals surface area contributed by atoms with Gasteiger partial charge < -0.3 is 20.3 Å². The standard InChI is InChI=1S/C13H19N3O3S/c1-3-15-12(17)10-7-14-4-5-16(10)13(18)11-6-9(19-2)8-20-11/h6,8,10,14H,3-5,7H2,1-2H3,(H,15,17). The van der Waals surface area contributed by atoms with Gasteiger partial charge in [0.2, 0.25) is 5.91 Å². The molecule has 0 aromatic carbocycles. The fourth-order valence-corrected chi connectivity index (χ4v) is 2.96. The number of rotatable bonds is 4. The van der Waals surface area contributed by atoms with Crippen molar-refractivity contribution in [3.05, 3.63) is 16.3 Å². The van der Waals surface area contributed by atoms with Gasteiger partial charge in [0.1, 0.15) is 11.8 Å². The predicted octanol–water partition coefficient (Wildman–Crippen LogP) is 0.307. The largest absolute Gasteiger partial charge is 0.496 e. The van der Waals surface area contributed by atoms with Crippen molar-refractivity contribution in [2.24, 2.45) is 0 Å². The molecule has 1 aromatic rings. The Bertz CT molecular complexity index is 489. The number of likely N-dealkylation sites (N-methyl/N-ethyl adjacent to an activating group) is 1. The number of methoxy groups -OCH3 is 1. The maximum Gasteiger partial charge on any atom is 0.264 e. The van der Waals surface area contributed by atoms with Gasteiger partial charge in [-0.05, 0) is 6.92 Å². The first-order valence-corrected chi connectivity index (χ1v) is 7.47. The van der Waals surface area contributed by atoms with Crippen LogP contribution >= 0.6 is 11.3 Å². The van der Waals surface area contributed by atoms with E-state index in [0.717, 1.165) is 0 Å². The Hall–Kier alpha value is -1.60. The van der Waals surface area contributed by atoms with Gasteiger partial charge >= 0.3 is 0 Å². The molecule has 1 atom stereocenters. The number of amides is 2. The summed E-state index contributed by atoms with van der Waals surface area (Å²) in [7, 11) is 1.57. The van der Waals surface area contributed by atoms with Crippen molar-refractivity contribution in [3.8, 4) is 5.75 Å². The van der Waals surface area contributed by atoms with Crippen molar-refractivity contribution in [2.45, 2.75) is 13.0 Å². The summed E-state index contributed by atoms with van der Waals surface area (Å²) in [6.45, 7) is 4.14. The number of nitrogens with zero attached hydrogens (tertiary/aromatic N) is 1. The summed E-state index contributed by atoms with van der Waals surface area (Å²) in [5.41, 5.74) is 0. The fraction of sp³-hybridized carbons (Fsp3) is 0.538. The molecule has 20 heavy (non-hydrogen) atoms. The van der Waals surface area contributed by atoms with Gasteiger partial charge in [-0.25, -0.2) is 0 Å². The fourth-order valence-electron chi connectivity index (χ4n) is 2.15. The summed E-state index contributed by atoms with van der Waals surface area (Å²) in [6.07, 6.45) is 0. The van der Waals surface area contributed by atoms with Gasteiger partial charge in [0.05, 0.1) is 12.0 Å². The normalized spacial score (nSPS) is 18.7. The lowest BCUT2D eigenvalue weighted by Gasteiger charge is -2.34. The van der Waals surface area contributed by atoms with E-state index in [0.29, 0.717) is 36.8 Å². The van der Waals surface area contributed by atoms with E-state index < -0.39 is 6.04 Å². The molecule has 2 N–H and O–H groups in total. The highest BCUT2D eigenvalue weighted by atomic mass is 32.1. The highest BCUT2D eigenvalue weighted by molar-refractivity contribution is 7.12. The number of carbonyl (C=O) groups excluding carboxylic acids is 2. The molecule has 1 fully saturated rings. The minimum Gasteiger partial charge on any atom is -0.496 e. The van der Waals surface area contributed by atoms with Crippen LogP contribution in [0.15, 0.2) is 11.4 Å². The Kier molecular flexibility index (Phi) is 4.97. The molecular formula is C13H19N3O3S. The molecule has 7 heteroatoms. The lowest BCUT2D eigenvalue weighted by molar-refractivity contribution is -0.126. The summed E-state index contributed by atoms with van der Waals surface area (Å²) < 4.78 is 5.09. The topological polar surface area (TPSA) is 70.7 Å². The van der Waals surface area contributed by atoms with Crippen molar-refractivity contribution in [1.82, 2.24) is 15.5 Å². The molecule has 6 nitrogen and oxygen atoms in total. The van der Waals surface area contributed by atoms with Crippen molar-refractivity contribution in [3.63, 3.8) is 0 Å². The van der Waals surface area contributed by atoms with E-state index in [-0.39, 0.29) is 11.8 Å². The van der Waals surface area contributed by atoms with Gasteiger partial charge in [-0.3, -0.25) is 9.59 Å². The van der Waals surface area contributed by atoms with E-state index in [1.165, 1.54) is 11.3 Å². The molecule has 1 aromatic heterocycles. The Morgan fingerprint density at radius 3 is 3.05 bits per heavy atom. The van der Waals surface area contributed by atoms with Crippen LogP contribution in [0.3, 0.4) is 0 Å². The zero-order valence-electron chi connectivity index (χ0n) is 11.6. The minimum atomic E-state index is -0.454. The van der Waals surface area contributed by atoms with Crippen molar-refractivity contribution in [1.29, 1.82) is 0 Å². The summed E-state index contributed by atoms with van der Waals surface area (Å²) in [5, 5.41) is 7.71. The second-order valence-corrected chi connectivity index (χ2v) is 5.38. The van der Waals surface area contributed by atoms with Crippen LogP contribution in [0.25, 0.3) is 0 Å². The quantitative estimate of drug-likeness (QED) is 0.839. The number of nitrogens with one attached hydrogen (secondary N) is 2. The highest BCUT2D eigenvalue weighted by Gasteiger charge is 2.32. The molecule has 0 spiro atoms. The summed E-state index contributed by atoms with van der Waals surface area (Å²) in [4.78, 5) is 26.8. The predicted molar refractivity (Wildman–Crippen MR) is 77.2 cm³/mol. The van der Waals surface area contributed by atoms with Gasteiger partial charge in [0, 0.05) is 37.6 Å². The number of ether oxygens (including phenoxy) is 1. The third kappa shape index (κ3) is 3.10. The first kappa shape index (κ1) is 14.8. The van der Waals surface area contributed by atoms with Crippen molar-refractivity contribution >= 4 is 23.2 Å². The Morgan fingerprint density at radius 1 is 1.60 bits per heavy atom. The van der Waals surface area contributed by atoms with Gasteiger partial charge in [0.25, 0.3) is 5.91 Å². The Balaban J connectivity index is 2.14. The van der Waals surface area contributed by atoms with E-state index in [1.807, 2.05) is 6.92 Å². The van der Waals surface area contributed by atoms with Crippen LogP contribution in [0.2, 0.25) is 0 Å². The number of carbonyl (C=O) groups is 2. The van der Waals surface area contributed by atoms with Gasteiger partial charge in [-0.15, -0.1) is 11.3 Å². The number of thiophene rings is 1. The lowest BCUT2D eigenvalue weighted by atomic mass is 10.1. The van der Waals surface area contributed by atoms with Gasteiger partial charge in [-0.1, -0.05) is 0 Å². The zero-order valence-corrected chi connectivity index (χ0v) is 12.5.